The fourth-order valence-corrected chi connectivity index (χ4v) is 5.12. The van der Waals surface area contributed by atoms with Gasteiger partial charge in [-0.05, 0) is 70.8 Å². The van der Waals surface area contributed by atoms with Gasteiger partial charge >= 0.3 is 5.97 Å². The van der Waals surface area contributed by atoms with Crippen LogP contribution in [-0.2, 0) is 11.2 Å². The molecular formula is C32H24ClNO4S. The largest absolute Gasteiger partial charge is 0.478 e. The summed E-state index contributed by atoms with van der Waals surface area (Å²) in [5.74, 6) is -0.723. The van der Waals surface area contributed by atoms with Gasteiger partial charge in [-0.1, -0.05) is 78.3 Å². The number of carbonyl (C=O) groups is 2. The third-order valence-corrected chi connectivity index (χ3v) is 7.47. The van der Waals surface area contributed by atoms with Crippen LogP contribution in [0, 0.1) is 0 Å². The number of rotatable bonds is 9. The number of carboxylic acids is 1. The first-order valence-electron chi connectivity index (χ1n) is 12.3. The van der Waals surface area contributed by atoms with Gasteiger partial charge in [0, 0.05) is 22.0 Å². The van der Waals surface area contributed by atoms with Gasteiger partial charge in [-0.2, -0.15) is 0 Å². The van der Waals surface area contributed by atoms with Crippen molar-refractivity contribution in [2.45, 2.75) is 12.5 Å². The summed E-state index contributed by atoms with van der Waals surface area (Å²) < 4.78 is 5.85. The first kappa shape index (κ1) is 26.2. The number of carboxylic acid groups (broad SMARTS) is 1. The fraction of sp³-hybridized carbons (Fsp3) is 0.0625. The maximum Gasteiger partial charge on any atom is 0.345 e. The number of aliphatic carboxylic acids is 1. The van der Waals surface area contributed by atoms with Gasteiger partial charge in [0.1, 0.15) is 5.75 Å². The highest BCUT2D eigenvalue weighted by Gasteiger charge is 2.20. The summed E-state index contributed by atoms with van der Waals surface area (Å²) >= 11 is 7.39. The van der Waals surface area contributed by atoms with Crippen molar-refractivity contribution in [3.05, 3.63) is 131 Å². The number of amides is 1. The van der Waals surface area contributed by atoms with Crippen LogP contribution in [0.3, 0.4) is 0 Å². The monoisotopic (exact) mass is 553 g/mol. The number of thiophene rings is 1. The average molecular weight is 554 g/mol. The minimum absolute atomic E-state index is 0.179. The number of carbonyl (C=O) groups excluding carboxylic acids is 1. The summed E-state index contributed by atoms with van der Waals surface area (Å²) in [5.41, 5.74) is 4.36. The Kier molecular flexibility index (Phi) is 8.06. The van der Waals surface area contributed by atoms with Crippen molar-refractivity contribution in [3.63, 3.8) is 0 Å². The molecule has 1 heterocycles. The van der Waals surface area contributed by atoms with Crippen LogP contribution < -0.4 is 10.1 Å². The normalized spacial score (nSPS) is 11.5. The van der Waals surface area contributed by atoms with Crippen LogP contribution in [0.25, 0.3) is 21.6 Å². The zero-order valence-electron chi connectivity index (χ0n) is 20.7. The molecule has 0 spiro atoms. The van der Waals surface area contributed by atoms with E-state index in [-0.39, 0.29) is 12.3 Å². The van der Waals surface area contributed by atoms with E-state index in [1.807, 2.05) is 109 Å². The molecule has 5 aromatic rings. The zero-order valence-corrected chi connectivity index (χ0v) is 22.3. The molecule has 2 N–H and O–H groups in total. The topological polar surface area (TPSA) is 75.6 Å². The third kappa shape index (κ3) is 6.74. The Morgan fingerprint density at radius 1 is 0.795 bits per heavy atom. The highest BCUT2D eigenvalue weighted by atomic mass is 35.5. The first-order chi connectivity index (χ1) is 18.9. The Morgan fingerprint density at radius 2 is 1.51 bits per heavy atom. The van der Waals surface area contributed by atoms with E-state index in [0.29, 0.717) is 21.3 Å². The third-order valence-electron chi connectivity index (χ3n) is 6.09. The highest BCUT2D eigenvalue weighted by molar-refractivity contribution is 7.17. The molecule has 0 radical (unpaired) electrons. The Balaban J connectivity index is 1.24. The molecule has 0 aliphatic carbocycles. The zero-order chi connectivity index (χ0) is 27.2. The lowest BCUT2D eigenvalue weighted by atomic mass is 10.0. The lowest BCUT2D eigenvalue weighted by molar-refractivity contribution is -0.145. The summed E-state index contributed by atoms with van der Waals surface area (Å²) in [6, 6.07) is 35.5. The van der Waals surface area contributed by atoms with Crippen molar-refractivity contribution in [1.82, 2.24) is 0 Å². The van der Waals surface area contributed by atoms with Crippen molar-refractivity contribution in [2.24, 2.45) is 0 Å². The molecule has 0 saturated heterocycles. The summed E-state index contributed by atoms with van der Waals surface area (Å²) in [7, 11) is 0. The van der Waals surface area contributed by atoms with Crippen molar-refractivity contribution in [3.8, 4) is 27.3 Å². The second kappa shape index (κ2) is 12.0. The second-order valence-electron chi connectivity index (χ2n) is 8.86. The van der Waals surface area contributed by atoms with Crippen molar-refractivity contribution in [1.29, 1.82) is 0 Å². The molecule has 7 heteroatoms. The minimum Gasteiger partial charge on any atom is -0.478 e. The SMILES string of the molecule is O=C(Nc1ccc(-c2cccc(OC(Cc3ccccc3)C(=O)O)c2)cc1)c1ccc(-c2ccc(Cl)cc2)s1. The molecule has 5 nitrogen and oxygen atoms in total. The van der Waals surface area contributed by atoms with Crippen LogP contribution >= 0.6 is 22.9 Å². The molecule has 0 saturated carbocycles. The van der Waals surface area contributed by atoms with Crippen LogP contribution in [0.4, 0.5) is 5.69 Å². The number of hydrogen-bond acceptors (Lipinski definition) is 4. The van der Waals surface area contributed by atoms with E-state index in [1.165, 1.54) is 11.3 Å². The molecule has 39 heavy (non-hydrogen) atoms. The maximum absolute atomic E-state index is 12.8. The molecule has 1 amide bonds. The Bertz CT molecular complexity index is 1580. The fourth-order valence-electron chi connectivity index (χ4n) is 4.09. The van der Waals surface area contributed by atoms with E-state index in [2.05, 4.69) is 5.32 Å². The molecule has 1 aromatic heterocycles. The van der Waals surface area contributed by atoms with Gasteiger partial charge in [0.15, 0.2) is 6.10 Å². The van der Waals surface area contributed by atoms with E-state index in [0.717, 1.165) is 27.1 Å². The van der Waals surface area contributed by atoms with Crippen LogP contribution in [0.2, 0.25) is 5.02 Å². The lowest BCUT2D eigenvalue weighted by Crippen LogP contribution is -2.29. The van der Waals surface area contributed by atoms with E-state index >= 15 is 0 Å². The minimum atomic E-state index is -1.02. The molecule has 0 bridgehead atoms. The summed E-state index contributed by atoms with van der Waals surface area (Å²) in [6.07, 6.45) is -0.738. The van der Waals surface area contributed by atoms with E-state index < -0.39 is 12.1 Å². The van der Waals surface area contributed by atoms with Gasteiger partial charge in [0.2, 0.25) is 0 Å². The molecule has 1 atom stereocenters. The van der Waals surface area contributed by atoms with Gasteiger partial charge in [-0.3, -0.25) is 4.79 Å². The molecule has 5 rings (SSSR count). The number of hydrogen-bond donors (Lipinski definition) is 2. The lowest BCUT2D eigenvalue weighted by Gasteiger charge is -2.16. The highest BCUT2D eigenvalue weighted by Crippen LogP contribution is 2.30. The Labute approximate surface area is 235 Å². The predicted molar refractivity (Wildman–Crippen MR) is 157 cm³/mol. The molecule has 1 unspecified atom stereocenters. The molecule has 0 aliphatic rings. The van der Waals surface area contributed by atoms with E-state index in [1.54, 1.807) is 6.07 Å². The number of halogens is 1. The van der Waals surface area contributed by atoms with Crippen LogP contribution in [-0.4, -0.2) is 23.1 Å². The van der Waals surface area contributed by atoms with E-state index in [4.69, 9.17) is 16.3 Å². The number of benzene rings is 4. The number of anilines is 1. The summed E-state index contributed by atoms with van der Waals surface area (Å²) in [4.78, 5) is 26.2. The number of nitrogens with one attached hydrogen (secondary N) is 1. The standard InChI is InChI=1S/C32H24ClNO4S/c33-25-13-9-23(10-14-25)29-17-18-30(39-29)31(35)34-26-15-11-22(12-16-26)24-7-4-8-27(20-24)38-28(32(36)37)19-21-5-2-1-3-6-21/h1-18,20,28H,19H2,(H,34,35)(H,36,37). The molecule has 4 aromatic carbocycles. The first-order valence-corrected chi connectivity index (χ1v) is 13.4. The molecular weight excluding hydrogens is 530 g/mol. The predicted octanol–water partition coefficient (Wildman–Crippen LogP) is 8.06. The summed E-state index contributed by atoms with van der Waals surface area (Å²) in [6.45, 7) is 0. The Hall–Kier alpha value is -4.39. The van der Waals surface area contributed by atoms with Gasteiger partial charge in [-0.25, -0.2) is 4.79 Å². The van der Waals surface area contributed by atoms with Gasteiger partial charge < -0.3 is 15.2 Å². The Morgan fingerprint density at radius 3 is 2.23 bits per heavy atom. The van der Waals surface area contributed by atoms with Crippen molar-refractivity contribution in [2.75, 3.05) is 5.32 Å². The average Bonchev–Trinajstić information content (AvgIpc) is 3.45. The second-order valence-corrected chi connectivity index (χ2v) is 10.4. The van der Waals surface area contributed by atoms with E-state index in [9.17, 15) is 14.7 Å². The van der Waals surface area contributed by atoms with Gasteiger partial charge in [0.25, 0.3) is 5.91 Å². The number of ether oxygens (including phenoxy) is 1. The van der Waals surface area contributed by atoms with Crippen molar-refractivity contribution < 1.29 is 19.4 Å². The van der Waals surface area contributed by atoms with Gasteiger partial charge in [-0.15, -0.1) is 11.3 Å². The quantitative estimate of drug-likeness (QED) is 0.193. The van der Waals surface area contributed by atoms with Crippen LogP contribution in [0.5, 0.6) is 5.75 Å². The summed E-state index contributed by atoms with van der Waals surface area (Å²) in [5, 5.41) is 13.3. The van der Waals surface area contributed by atoms with Crippen molar-refractivity contribution >= 4 is 40.5 Å². The van der Waals surface area contributed by atoms with Crippen LogP contribution in [0.1, 0.15) is 15.2 Å². The molecule has 0 fully saturated rings. The maximum atomic E-state index is 12.8. The van der Waals surface area contributed by atoms with Crippen LogP contribution in [0.15, 0.2) is 115 Å². The smallest absolute Gasteiger partial charge is 0.345 e. The molecule has 194 valence electrons. The van der Waals surface area contributed by atoms with Gasteiger partial charge in [0.05, 0.1) is 4.88 Å². The molecule has 0 aliphatic heterocycles.